The molecule has 2 fully saturated rings. The fourth-order valence-corrected chi connectivity index (χ4v) is 3.09. The van der Waals surface area contributed by atoms with Gasteiger partial charge in [0.05, 0.1) is 13.0 Å². The summed E-state index contributed by atoms with van der Waals surface area (Å²) in [5, 5.41) is 3.42. The number of carbonyl (C=O) groups excluding carboxylic acids is 1. The van der Waals surface area contributed by atoms with Gasteiger partial charge < -0.3 is 10.1 Å². The average Bonchev–Trinajstić information content (AvgIpc) is 3.28. The van der Waals surface area contributed by atoms with E-state index in [1.54, 1.807) is 0 Å². The van der Waals surface area contributed by atoms with Crippen molar-refractivity contribution >= 4 is 5.97 Å². The standard InChI is InChI=1S/C15H28N2O2/c1-11(15(18)19-3)12(2)17(14-4-5-14)10-13-6-8-16-9-7-13/h11-14,16H,4-10H2,1-3H3. The molecule has 1 saturated carbocycles. The van der Waals surface area contributed by atoms with Crippen molar-refractivity contribution in [3.05, 3.63) is 0 Å². The quantitative estimate of drug-likeness (QED) is 0.744. The van der Waals surface area contributed by atoms with Gasteiger partial charge in [-0.2, -0.15) is 0 Å². The Morgan fingerprint density at radius 3 is 2.42 bits per heavy atom. The third-order valence-electron chi connectivity index (χ3n) is 4.76. The first kappa shape index (κ1) is 14.8. The zero-order chi connectivity index (χ0) is 13.8. The smallest absolute Gasteiger partial charge is 0.309 e. The summed E-state index contributed by atoms with van der Waals surface area (Å²) in [5.74, 6) is 0.671. The normalized spacial score (nSPS) is 24.2. The van der Waals surface area contributed by atoms with Crippen LogP contribution >= 0.6 is 0 Å². The van der Waals surface area contributed by atoms with E-state index in [0.717, 1.165) is 25.6 Å². The molecule has 2 unspecified atom stereocenters. The molecule has 2 aliphatic rings. The van der Waals surface area contributed by atoms with Gasteiger partial charge in [-0.05, 0) is 51.6 Å². The van der Waals surface area contributed by atoms with Crippen LogP contribution < -0.4 is 5.32 Å². The summed E-state index contributed by atoms with van der Waals surface area (Å²) < 4.78 is 4.90. The average molecular weight is 268 g/mol. The van der Waals surface area contributed by atoms with Crippen LogP contribution in [0.4, 0.5) is 0 Å². The third-order valence-corrected chi connectivity index (χ3v) is 4.76. The van der Waals surface area contributed by atoms with Crippen molar-refractivity contribution in [3.63, 3.8) is 0 Å². The van der Waals surface area contributed by atoms with Gasteiger partial charge in [0.25, 0.3) is 0 Å². The Kier molecular flexibility index (Phi) is 5.22. The summed E-state index contributed by atoms with van der Waals surface area (Å²) in [5.41, 5.74) is 0. The number of carbonyl (C=O) groups is 1. The first-order valence-corrected chi connectivity index (χ1v) is 7.67. The van der Waals surface area contributed by atoms with Crippen LogP contribution in [0, 0.1) is 11.8 Å². The lowest BCUT2D eigenvalue weighted by Gasteiger charge is -2.36. The van der Waals surface area contributed by atoms with Gasteiger partial charge >= 0.3 is 5.97 Å². The van der Waals surface area contributed by atoms with Gasteiger partial charge in [0, 0.05) is 18.6 Å². The van der Waals surface area contributed by atoms with Gasteiger partial charge in [-0.15, -0.1) is 0 Å². The zero-order valence-corrected chi connectivity index (χ0v) is 12.5. The maximum absolute atomic E-state index is 11.7. The number of piperidine rings is 1. The van der Waals surface area contributed by atoms with E-state index in [1.807, 2.05) is 6.92 Å². The second kappa shape index (κ2) is 6.71. The van der Waals surface area contributed by atoms with Crippen molar-refractivity contribution < 1.29 is 9.53 Å². The molecule has 0 aromatic rings. The fraction of sp³-hybridized carbons (Fsp3) is 0.933. The molecule has 0 bridgehead atoms. The molecule has 1 saturated heterocycles. The van der Waals surface area contributed by atoms with Gasteiger partial charge in [-0.3, -0.25) is 9.69 Å². The molecule has 19 heavy (non-hydrogen) atoms. The van der Waals surface area contributed by atoms with E-state index in [2.05, 4.69) is 17.1 Å². The maximum Gasteiger partial charge on any atom is 0.309 e. The van der Waals surface area contributed by atoms with E-state index in [1.165, 1.54) is 32.8 Å². The monoisotopic (exact) mass is 268 g/mol. The molecule has 0 amide bonds. The number of nitrogens with one attached hydrogen (secondary N) is 1. The van der Waals surface area contributed by atoms with E-state index >= 15 is 0 Å². The van der Waals surface area contributed by atoms with Crippen LogP contribution in [0.25, 0.3) is 0 Å². The summed E-state index contributed by atoms with van der Waals surface area (Å²) in [7, 11) is 1.49. The molecule has 110 valence electrons. The van der Waals surface area contributed by atoms with Crippen LogP contribution in [0.3, 0.4) is 0 Å². The molecule has 1 aliphatic carbocycles. The second-order valence-electron chi connectivity index (χ2n) is 6.17. The van der Waals surface area contributed by atoms with Crippen molar-refractivity contribution in [3.8, 4) is 0 Å². The van der Waals surface area contributed by atoms with Crippen LogP contribution in [0.1, 0.15) is 39.5 Å². The highest BCUT2D eigenvalue weighted by Crippen LogP contribution is 2.32. The first-order valence-electron chi connectivity index (χ1n) is 7.67. The minimum Gasteiger partial charge on any atom is -0.469 e. The summed E-state index contributed by atoms with van der Waals surface area (Å²) >= 11 is 0. The molecule has 0 aromatic heterocycles. The molecular weight excluding hydrogens is 240 g/mol. The molecule has 1 heterocycles. The summed E-state index contributed by atoms with van der Waals surface area (Å²) in [6.07, 6.45) is 5.12. The SMILES string of the molecule is COC(=O)C(C)C(C)N(CC1CCNCC1)C1CC1. The molecule has 2 rings (SSSR count). The minimum atomic E-state index is -0.0801. The second-order valence-corrected chi connectivity index (χ2v) is 6.17. The van der Waals surface area contributed by atoms with Crippen LogP contribution in [-0.4, -0.2) is 49.7 Å². The van der Waals surface area contributed by atoms with Crippen molar-refractivity contribution in [1.29, 1.82) is 0 Å². The van der Waals surface area contributed by atoms with E-state index in [0.29, 0.717) is 6.04 Å². The Morgan fingerprint density at radius 2 is 1.89 bits per heavy atom. The third kappa shape index (κ3) is 3.93. The van der Waals surface area contributed by atoms with Gasteiger partial charge in [0.15, 0.2) is 0 Å². The Labute approximate surface area is 116 Å². The Bertz CT molecular complexity index is 299. The highest BCUT2D eigenvalue weighted by Gasteiger charge is 2.37. The number of rotatable bonds is 6. The van der Waals surface area contributed by atoms with Crippen molar-refractivity contribution in [2.75, 3.05) is 26.7 Å². The molecule has 4 heteroatoms. The lowest BCUT2D eigenvalue weighted by molar-refractivity contribution is -0.147. The molecule has 4 nitrogen and oxygen atoms in total. The number of esters is 1. The predicted molar refractivity (Wildman–Crippen MR) is 76.0 cm³/mol. The lowest BCUT2D eigenvalue weighted by Crippen LogP contribution is -2.46. The van der Waals surface area contributed by atoms with Gasteiger partial charge in [0.2, 0.25) is 0 Å². The zero-order valence-electron chi connectivity index (χ0n) is 12.5. The van der Waals surface area contributed by atoms with Crippen LogP contribution in [0.5, 0.6) is 0 Å². The molecule has 0 aromatic carbocycles. The number of nitrogens with zero attached hydrogens (tertiary/aromatic N) is 1. The summed E-state index contributed by atoms with van der Waals surface area (Å²) in [6, 6.07) is 0.992. The first-order chi connectivity index (χ1) is 9.13. The lowest BCUT2D eigenvalue weighted by atomic mass is 9.94. The van der Waals surface area contributed by atoms with Crippen molar-refractivity contribution in [2.45, 2.75) is 51.6 Å². The topological polar surface area (TPSA) is 41.6 Å². The van der Waals surface area contributed by atoms with Crippen molar-refractivity contribution in [2.24, 2.45) is 11.8 Å². The van der Waals surface area contributed by atoms with E-state index < -0.39 is 0 Å². The van der Waals surface area contributed by atoms with Gasteiger partial charge in [0.1, 0.15) is 0 Å². The van der Waals surface area contributed by atoms with Gasteiger partial charge in [-0.25, -0.2) is 0 Å². The predicted octanol–water partition coefficient (Wildman–Crippen LogP) is 1.65. The minimum absolute atomic E-state index is 0.0349. The molecule has 2 atom stereocenters. The van der Waals surface area contributed by atoms with Crippen LogP contribution in [0.2, 0.25) is 0 Å². The number of hydrogen-bond donors (Lipinski definition) is 1. The molecule has 1 aliphatic heterocycles. The van der Waals surface area contributed by atoms with Crippen molar-refractivity contribution in [1.82, 2.24) is 10.2 Å². The Morgan fingerprint density at radius 1 is 1.26 bits per heavy atom. The molecule has 1 N–H and O–H groups in total. The summed E-state index contributed by atoms with van der Waals surface area (Å²) in [6.45, 7) is 7.61. The number of ether oxygens (including phenoxy) is 1. The highest BCUT2D eigenvalue weighted by molar-refractivity contribution is 5.72. The Balaban J connectivity index is 1.92. The molecular formula is C15H28N2O2. The number of methoxy groups -OCH3 is 1. The Hall–Kier alpha value is -0.610. The largest absolute Gasteiger partial charge is 0.469 e. The van der Waals surface area contributed by atoms with E-state index in [4.69, 9.17) is 4.74 Å². The fourth-order valence-electron chi connectivity index (χ4n) is 3.09. The summed E-state index contributed by atoms with van der Waals surface area (Å²) in [4.78, 5) is 14.3. The van der Waals surface area contributed by atoms with Crippen LogP contribution in [0.15, 0.2) is 0 Å². The molecule has 0 radical (unpaired) electrons. The highest BCUT2D eigenvalue weighted by atomic mass is 16.5. The maximum atomic E-state index is 11.7. The van der Waals surface area contributed by atoms with E-state index in [-0.39, 0.29) is 17.9 Å². The van der Waals surface area contributed by atoms with E-state index in [9.17, 15) is 4.79 Å². The van der Waals surface area contributed by atoms with Gasteiger partial charge in [-0.1, -0.05) is 6.92 Å². The number of hydrogen-bond acceptors (Lipinski definition) is 4. The van der Waals surface area contributed by atoms with Crippen LogP contribution in [-0.2, 0) is 9.53 Å². The molecule has 0 spiro atoms.